The maximum absolute atomic E-state index is 2.24. The third-order valence-electron chi connectivity index (χ3n) is 2.02. The molecule has 15 heavy (non-hydrogen) atoms. The average Bonchev–Trinajstić information content (AvgIpc) is 2.22. The zero-order chi connectivity index (χ0) is 10.1. The molecule has 0 aromatic heterocycles. The predicted octanol–water partition coefficient (Wildman–Crippen LogP) is 5.50. The first-order valence-corrected chi connectivity index (χ1v) is 5.45. The molecular weight excluding hydrogens is 180 g/mol. The number of rotatable bonds is 3. The van der Waals surface area contributed by atoms with Gasteiger partial charge in [-0.3, -0.25) is 0 Å². The van der Waals surface area contributed by atoms with Crippen LogP contribution >= 0.6 is 0 Å². The second kappa shape index (κ2) is 13.2. The zero-order valence-corrected chi connectivity index (χ0v) is 9.43. The number of hydrogen-bond acceptors (Lipinski definition) is 0. The maximum Gasteiger partial charge on any atom is -0.0279 e. The Balaban J connectivity index is -0.000000339. The van der Waals surface area contributed by atoms with Crippen LogP contribution < -0.4 is 0 Å². The second-order valence-corrected chi connectivity index (χ2v) is 2.87. The summed E-state index contributed by atoms with van der Waals surface area (Å²) < 4.78 is 0. The lowest BCUT2D eigenvalue weighted by Gasteiger charge is -2.04. The average molecular weight is 210 g/mol. The molecule has 0 heteroatoms. The van der Waals surface area contributed by atoms with Gasteiger partial charge in [0.05, 0.1) is 0 Å². The van der Waals surface area contributed by atoms with Gasteiger partial charge >= 0.3 is 0 Å². The summed E-state index contributed by atoms with van der Waals surface area (Å²) >= 11 is 0. The fourth-order valence-corrected chi connectivity index (χ4v) is 1.42. The molecule has 0 radical (unpaired) electrons. The van der Waals surface area contributed by atoms with E-state index < -0.39 is 0 Å². The topological polar surface area (TPSA) is 0 Å². The van der Waals surface area contributed by atoms with Gasteiger partial charge in [0.2, 0.25) is 0 Å². The third kappa shape index (κ3) is 7.18. The van der Waals surface area contributed by atoms with Crippen LogP contribution in [0, 0.1) is 0 Å². The Morgan fingerprint density at radius 2 is 1.33 bits per heavy atom. The molecule has 0 saturated carbocycles. The fourth-order valence-electron chi connectivity index (χ4n) is 1.42. The van der Waals surface area contributed by atoms with E-state index in [9.17, 15) is 0 Å². The highest BCUT2D eigenvalue weighted by Gasteiger charge is 1.96. The van der Waals surface area contributed by atoms with E-state index in [4.69, 9.17) is 0 Å². The molecule has 0 atom stereocenters. The molecule has 0 amide bonds. The molecule has 1 aromatic rings. The lowest BCUT2D eigenvalue weighted by atomic mass is 10.0. The number of hydrogen-bond donors (Lipinski definition) is 0. The third-order valence-corrected chi connectivity index (χ3v) is 2.02. The van der Waals surface area contributed by atoms with Crippen molar-refractivity contribution in [2.75, 3.05) is 0 Å². The fraction of sp³-hybridized carbons (Fsp3) is 0.600. The van der Waals surface area contributed by atoms with E-state index in [-0.39, 0.29) is 14.9 Å². The Bertz CT molecular complexity index is 213. The van der Waals surface area contributed by atoms with Gasteiger partial charge in [-0.2, -0.15) is 0 Å². The monoisotopic (exact) mass is 210 g/mol. The number of aryl methyl sites for hydroxylation is 2. The summed E-state index contributed by atoms with van der Waals surface area (Å²) in [5.41, 5.74) is 3.03. The SMILES string of the molecule is C.C.CC.CCCc1ccccc1CC. The van der Waals surface area contributed by atoms with E-state index in [2.05, 4.69) is 38.1 Å². The molecule has 1 aromatic carbocycles. The second-order valence-electron chi connectivity index (χ2n) is 2.87. The molecule has 0 fully saturated rings. The Kier molecular flexibility index (Phi) is 17.4. The highest BCUT2D eigenvalue weighted by atomic mass is 14.0. The Morgan fingerprint density at radius 1 is 0.867 bits per heavy atom. The Labute approximate surface area is 97.7 Å². The summed E-state index contributed by atoms with van der Waals surface area (Å²) in [6.45, 7) is 8.45. The van der Waals surface area contributed by atoms with Gasteiger partial charge in [0, 0.05) is 0 Å². The van der Waals surface area contributed by atoms with Crippen LogP contribution in [0.25, 0.3) is 0 Å². The smallest absolute Gasteiger partial charge is 0.0279 e. The van der Waals surface area contributed by atoms with E-state index >= 15 is 0 Å². The first-order valence-electron chi connectivity index (χ1n) is 5.45. The van der Waals surface area contributed by atoms with Crippen molar-refractivity contribution in [2.24, 2.45) is 0 Å². The molecule has 0 spiro atoms. The summed E-state index contributed by atoms with van der Waals surface area (Å²) in [7, 11) is 0. The standard InChI is InChI=1S/C11H16.C2H6.2CH4/c1-3-7-11-9-6-5-8-10(11)4-2;1-2;;/h5-6,8-9H,3-4,7H2,1-2H3;1-2H3;2*1H4. The maximum atomic E-state index is 2.24. The van der Waals surface area contributed by atoms with Gasteiger partial charge in [0.25, 0.3) is 0 Å². The van der Waals surface area contributed by atoms with Crippen LogP contribution in [-0.2, 0) is 12.8 Å². The van der Waals surface area contributed by atoms with Gasteiger partial charge in [-0.15, -0.1) is 0 Å². The van der Waals surface area contributed by atoms with Crippen molar-refractivity contribution >= 4 is 0 Å². The molecule has 0 unspecified atom stereocenters. The number of benzene rings is 1. The van der Waals surface area contributed by atoms with Gasteiger partial charge in [-0.05, 0) is 24.0 Å². The van der Waals surface area contributed by atoms with Crippen LogP contribution in [0.3, 0.4) is 0 Å². The Morgan fingerprint density at radius 3 is 1.73 bits per heavy atom. The lowest BCUT2D eigenvalue weighted by molar-refractivity contribution is 0.899. The van der Waals surface area contributed by atoms with Crippen LogP contribution in [0.4, 0.5) is 0 Å². The minimum Gasteiger partial charge on any atom is -0.0776 e. The molecular formula is C15H30. The van der Waals surface area contributed by atoms with Crippen LogP contribution in [0.2, 0.25) is 0 Å². The van der Waals surface area contributed by atoms with E-state index in [0.717, 1.165) is 6.42 Å². The highest BCUT2D eigenvalue weighted by molar-refractivity contribution is 5.26. The lowest BCUT2D eigenvalue weighted by Crippen LogP contribution is -1.90. The van der Waals surface area contributed by atoms with Crippen molar-refractivity contribution in [2.45, 2.75) is 61.8 Å². The van der Waals surface area contributed by atoms with Crippen molar-refractivity contribution in [3.8, 4) is 0 Å². The van der Waals surface area contributed by atoms with Gasteiger partial charge in [0.1, 0.15) is 0 Å². The van der Waals surface area contributed by atoms with E-state index in [0.29, 0.717) is 0 Å². The molecule has 0 aliphatic heterocycles. The predicted molar refractivity (Wildman–Crippen MR) is 74.6 cm³/mol. The van der Waals surface area contributed by atoms with Crippen LogP contribution in [0.5, 0.6) is 0 Å². The summed E-state index contributed by atoms with van der Waals surface area (Å²) in [5, 5.41) is 0. The largest absolute Gasteiger partial charge is 0.0776 e. The molecule has 1 rings (SSSR count). The summed E-state index contributed by atoms with van der Waals surface area (Å²) in [5.74, 6) is 0. The quantitative estimate of drug-likeness (QED) is 0.618. The molecule has 90 valence electrons. The zero-order valence-electron chi connectivity index (χ0n) is 9.43. The van der Waals surface area contributed by atoms with Crippen molar-refractivity contribution in [3.63, 3.8) is 0 Å². The van der Waals surface area contributed by atoms with Gasteiger partial charge < -0.3 is 0 Å². The molecule has 0 saturated heterocycles. The molecule has 0 N–H and O–H groups in total. The van der Waals surface area contributed by atoms with Crippen LogP contribution in [-0.4, -0.2) is 0 Å². The van der Waals surface area contributed by atoms with Crippen molar-refractivity contribution in [3.05, 3.63) is 35.4 Å². The first-order chi connectivity index (χ1) is 6.38. The summed E-state index contributed by atoms with van der Waals surface area (Å²) in [4.78, 5) is 0. The normalized spacial score (nSPS) is 7.73. The molecule has 0 aliphatic carbocycles. The highest BCUT2D eigenvalue weighted by Crippen LogP contribution is 2.10. The van der Waals surface area contributed by atoms with Crippen LogP contribution in [0.1, 0.15) is 60.1 Å². The van der Waals surface area contributed by atoms with Gasteiger partial charge in [-0.25, -0.2) is 0 Å². The Hall–Kier alpha value is -0.780. The molecule has 0 heterocycles. The summed E-state index contributed by atoms with van der Waals surface area (Å²) in [6.07, 6.45) is 3.64. The molecule has 0 bridgehead atoms. The van der Waals surface area contributed by atoms with Crippen molar-refractivity contribution < 1.29 is 0 Å². The van der Waals surface area contributed by atoms with Crippen molar-refractivity contribution in [1.29, 1.82) is 0 Å². The molecule has 0 nitrogen and oxygen atoms in total. The van der Waals surface area contributed by atoms with E-state index in [1.807, 2.05) is 13.8 Å². The summed E-state index contributed by atoms with van der Waals surface area (Å²) in [6, 6.07) is 8.72. The minimum absolute atomic E-state index is 0. The van der Waals surface area contributed by atoms with E-state index in [1.165, 1.54) is 24.0 Å². The van der Waals surface area contributed by atoms with E-state index in [1.54, 1.807) is 0 Å². The van der Waals surface area contributed by atoms with Gasteiger partial charge in [-0.1, -0.05) is 73.2 Å². The van der Waals surface area contributed by atoms with Crippen LogP contribution in [0.15, 0.2) is 24.3 Å². The first kappa shape index (κ1) is 19.7. The van der Waals surface area contributed by atoms with Gasteiger partial charge in [0.15, 0.2) is 0 Å². The minimum atomic E-state index is 0. The van der Waals surface area contributed by atoms with Crippen molar-refractivity contribution in [1.82, 2.24) is 0 Å². The molecule has 0 aliphatic rings.